The zero-order valence-corrected chi connectivity index (χ0v) is 16.8. The number of nitrogens with zero attached hydrogens (tertiary/aromatic N) is 1. The number of hydrogen-bond donors (Lipinski definition) is 3. The van der Waals surface area contributed by atoms with Crippen molar-refractivity contribution in [3.63, 3.8) is 0 Å². The Hall–Kier alpha value is -3.09. The molecule has 2 aromatic rings. The molecule has 0 spiro atoms. The highest BCUT2D eigenvalue weighted by molar-refractivity contribution is 5.94. The lowest BCUT2D eigenvalue weighted by Crippen LogP contribution is -2.42. The first-order chi connectivity index (χ1) is 14.1. The Morgan fingerprint density at radius 1 is 1.10 bits per heavy atom. The Labute approximate surface area is 170 Å². The number of nitrogens with one attached hydrogen (secondary N) is 3. The van der Waals surface area contributed by atoms with Crippen LogP contribution in [0.15, 0.2) is 41.4 Å². The third kappa shape index (κ3) is 5.70. The number of rotatable bonds is 7. The van der Waals surface area contributed by atoms with Crippen LogP contribution < -0.4 is 20.7 Å². The SMILES string of the molecule is CN=C(NCCNC(=O)c1ccc(C)c(F)c1)NCCc1ccc2c(c1)CCO2. The fraction of sp³-hybridized carbons (Fsp3) is 0.364. The van der Waals surface area contributed by atoms with Crippen LogP contribution in [-0.4, -0.2) is 45.2 Å². The minimum Gasteiger partial charge on any atom is -0.493 e. The zero-order chi connectivity index (χ0) is 20.6. The van der Waals surface area contributed by atoms with Crippen molar-refractivity contribution in [2.24, 2.45) is 4.99 Å². The first-order valence-electron chi connectivity index (χ1n) is 9.80. The van der Waals surface area contributed by atoms with Crippen LogP contribution in [0.1, 0.15) is 27.0 Å². The third-order valence-corrected chi connectivity index (χ3v) is 4.82. The quantitative estimate of drug-likeness (QED) is 0.380. The third-order valence-electron chi connectivity index (χ3n) is 4.82. The lowest BCUT2D eigenvalue weighted by atomic mass is 10.1. The summed E-state index contributed by atoms with van der Waals surface area (Å²) in [5.74, 6) is 0.991. The topological polar surface area (TPSA) is 74.8 Å². The normalized spacial score (nSPS) is 12.9. The largest absolute Gasteiger partial charge is 0.493 e. The number of hydrogen-bond acceptors (Lipinski definition) is 3. The molecular formula is C22H27FN4O2. The number of fused-ring (bicyclic) bond motifs is 1. The predicted octanol–water partition coefficient (Wildman–Crippen LogP) is 2.21. The molecule has 6 nitrogen and oxygen atoms in total. The highest BCUT2D eigenvalue weighted by Crippen LogP contribution is 2.25. The summed E-state index contributed by atoms with van der Waals surface area (Å²) < 4.78 is 19.1. The van der Waals surface area contributed by atoms with Gasteiger partial charge in [-0.2, -0.15) is 0 Å². The molecule has 1 aliphatic heterocycles. The van der Waals surface area contributed by atoms with Gasteiger partial charge in [-0.15, -0.1) is 0 Å². The molecule has 0 unspecified atom stereocenters. The van der Waals surface area contributed by atoms with Gasteiger partial charge < -0.3 is 20.7 Å². The summed E-state index contributed by atoms with van der Waals surface area (Å²) >= 11 is 0. The molecular weight excluding hydrogens is 371 g/mol. The van der Waals surface area contributed by atoms with Crippen molar-refractivity contribution >= 4 is 11.9 Å². The fourth-order valence-corrected chi connectivity index (χ4v) is 3.13. The van der Waals surface area contributed by atoms with Crippen molar-refractivity contribution in [3.8, 4) is 5.75 Å². The molecule has 0 bridgehead atoms. The number of guanidine groups is 1. The Morgan fingerprint density at radius 3 is 2.69 bits per heavy atom. The molecule has 2 aromatic carbocycles. The maximum absolute atomic E-state index is 13.6. The van der Waals surface area contributed by atoms with Crippen molar-refractivity contribution in [1.29, 1.82) is 0 Å². The average Bonchev–Trinajstić information content (AvgIpc) is 3.19. The Kier molecular flexibility index (Phi) is 7.05. The van der Waals surface area contributed by atoms with Crippen LogP contribution in [0.2, 0.25) is 0 Å². The van der Waals surface area contributed by atoms with E-state index in [0.29, 0.717) is 30.2 Å². The second kappa shape index (κ2) is 9.91. The van der Waals surface area contributed by atoms with Gasteiger partial charge in [-0.05, 0) is 48.2 Å². The van der Waals surface area contributed by atoms with Gasteiger partial charge in [-0.1, -0.05) is 18.2 Å². The highest BCUT2D eigenvalue weighted by atomic mass is 19.1. The number of ether oxygens (including phenoxy) is 1. The van der Waals surface area contributed by atoms with E-state index in [9.17, 15) is 9.18 Å². The Morgan fingerprint density at radius 2 is 1.90 bits per heavy atom. The lowest BCUT2D eigenvalue weighted by Gasteiger charge is -2.13. The number of carbonyl (C=O) groups excluding carboxylic acids is 1. The monoisotopic (exact) mass is 398 g/mol. The molecule has 0 aromatic heterocycles. The van der Waals surface area contributed by atoms with E-state index in [1.165, 1.54) is 17.2 Å². The number of amides is 1. The first-order valence-corrected chi connectivity index (χ1v) is 9.80. The zero-order valence-electron chi connectivity index (χ0n) is 16.8. The van der Waals surface area contributed by atoms with E-state index in [1.807, 2.05) is 6.07 Å². The molecule has 0 aliphatic carbocycles. The van der Waals surface area contributed by atoms with Crippen LogP contribution in [0.4, 0.5) is 4.39 Å². The molecule has 1 heterocycles. The summed E-state index contributed by atoms with van der Waals surface area (Å²) in [6, 6.07) is 10.8. The van der Waals surface area contributed by atoms with Crippen molar-refractivity contribution in [2.75, 3.05) is 33.3 Å². The van der Waals surface area contributed by atoms with Crippen LogP contribution in [-0.2, 0) is 12.8 Å². The molecule has 154 valence electrons. The molecule has 1 aliphatic rings. The van der Waals surface area contributed by atoms with Gasteiger partial charge in [0.05, 0.1) is 6.61 Å². The minimum absolute atomic E-state index is 0.297. The van der Waals surface area contributed by atoms with Gasteiger partial charge in [0.25, 0.3) is 5.91 Å². The second-order valence-electron chi connectivity index (χ2n) is 6.94. The maximum atomic E-state index is 13.6. The van der Waals surface area contributed by atoms with Crippen LogP contribution in [0.25, 0.3) is 0 Å². The van der Waals surface area contributed by atoms with Crippen LogP contribution in [0.5, 0.6) is 5.75 Å². The maximum Gasteiger partial charge on any atom is 0.251 e. The number of aryl methyl sites for hydroxylation is 1. The van der Waals surface area contributed by atoms with Gasteiger partial charge >= 0.3 is 0 Å². The van der Waals surface area contributed by atoms with Crippen LogP contribution >= 0.6 is 0 Å². The Balaban J connectivity index is 1.36. The first kappa shape index (κ1) is 20.6. The van der Waals surface area contributed by atoms with Gasteiger partial charge in [0, 0.05) is 38.7 Å². The second-order valence-corrected chi connectivity index (χ2v) is 6.94. The molecule has 0 saturated heterocycles. The van der Waals surface area contributed by atoms with E-state index in [2.05, 4.69) is 33.1 Å². The summed E-state index contributed by atoms with van der Waals surface area (Å²) in [6.45, 7) is 4.09. The number of benzene rings is 2. The summed E-state index contributed by atoms with van der Waals surface area (Å²) in [7, 11) is 1.70. The van der Waals surface area contributed by atoms with Crippen LogP contribution in [0, 0.1) is 12.7 Å². The van der Waals surface area contributed by atoms with E-state index >= 15 is 0 Å². The molecule has 7 heteroatoms. The van der Waals surface area contributed by atoms with Gasteiger partial charge in [0.1, 0.15) is 11.6 Å². The smallest absolute Gasteiger partial charge is 0.251 e. The van der Waals surface area contributed by atoms with Gasteiger partial charge in [-0.3, -0.25) is 9.79 Å². The summed E-state index contributed by atoms with van der Waals surface area (Å²) in [5.41, 5.74) is 3.37. The van der Waals surface area contributed by atoms with Gasteiger partial charge in [0.2, 0.25) is 0 Å². The van der Waals surface area contributed by atoms with Crippen molar-refractivity contribution in [1.82, 2.24) is 16.0 Å². The summed E-state index contributed by atoms with van der Waals surface area (Å²) in [6.07, 6.45) is 1.85. The number of halogens is 1. The van der Waals surface area contributed by atoms with Crippen molar-refractivity contribution in [2.45, 2.75) is 19.8 Å². The Bertz CT molecular complexity index is 898. The van der Waals surface area contributed by atoms with E-state index in [4.69, 9.17) is 4.74 Å². The van der Waals surface area contributed by atoms with E-state index in [1.54, 1.807) is 26.1 Å². The van der Waals surface area contributed by atoms with E-state index in [-0.39, 0.29) is 11.7 Å². The molecule has 29 heavy (non-hydrogen) atoms. The van der Waals surface area contributed by atoms with E-state index in [0.717, 1.165) is 31.7 Å². The molecule has 0 fully saturated rings. The van der Waals surface area contributed by atoms with Gasteiger partial charge in [0.15, 0.2) is 5.96 Å². The predicted molar refractivity (Wildman–Crippen MR) is 112 cm³/mol. The summed E-state index contributed by atoms with van der Waals surface area (Å²) in [4.78, 5) is 16.3. The lowest BCUT2D eigenvalue weighted by molar-refractivity contribution is 0.0954. The van der Waals surface area contributed by atoms with Gasteiger partial charge in [-0.25, -0.2) is 4.39 Å². The molecule has 0 radical (unpaired) electrons. The van der Waals surface area contributed by atoms with E-state index < -0.39 is 0 Å². The minimum atomic E-state index is -0.378. The number of aliphatic imine (C=N–C) groups is 1. The van der Waals surface area contributed by atoms with Crippen LogP contribution in [0.3, 0.4) is 0 Å². The molecule has 0 saturated carbocycles. The molecule has 1 amide bonds. The molecule has 3 rings (SSSR count). The average molecular weight is 398 g/mol. The fourth-order valence-electron chi connectivity index (χ4n) is 3.13. The number of carbonyl (C=O) groups is 1. The van der Waals surface area contributed by atoms with Crippen molar-refractivity contribution < 1.29 is 13.9 Å². The molecule has 0 atom stereocenters. The summed E-state index contributed by atoms with van der Waals surface area (Å²) in [5, 5.41) is 9.19. The molecule has 3 N–H and O–H groups in total. The highest BCUT2D eigenvalue weighted by Gasteiger charge is 2.12. The van der Waals surface area contributed by atoms with Crippen molar-refractivity contribution in [3.05, 3.63) is 64.5 Å². The standard InChI is InChI=1S/C22H27FN4O2/c1-15-3-5-18(14-19(15)23)21(28)25-10-11-27-22(24-2)26-9-7-16-4-6-20-17(13-16)8-12-29-20/h3-6,13-14H,7-12H2,1-2H3,(H,25,28)(H2,24,26,27).